The SMILES string of the molecule is CCNC(CCO)CN(C)CC1CCCN1C. The monoisotopic (exact) mass is 243 g/mol. The lowest BCUT2D eigenvalue weighted by Crippen LogP contribution is -2.44. The predicted molar refractivity (Wildman–Crippen MR) is 72.3 cm³/mol. The van der Waals surface area contributed by atoms with Crippen LogP contribution in [0.5, 0.6) is 0 Å². The van der Waals surface area contributed by atoms with Gasteiger partial charge in [0.05, 0.1) is 0 Å². The molecule has 1 rings (SSSR count). The first-order valence-electron chi connectivity index (χ1n) is 6.90. The second kappa shape index (κ2) is 8.03. The van der Waals surface area contributed by atoms with Crippen molar-refractivity contribution in [2.75, 3.05) is 46.9 Å². The summed E-state index contributed by atoms with van der Waals surface area (Å²) in [7, 11) is 4.41. The van der Waals surface area contributed by atoms with E-state index in [-0.39, 0.29) is 6.61 Å². The van der Waals surface area contributed by atoms with Crippen LogP contribution in [0.4, 0.5) is 0 Å². The number of nitrogens with zero attached hydrogens (tertiary/aromatic N) is 2. The van der Waals surface area contributed by atoms with Crippen LogP contribution >= 0.6 is 0 Å². The molecule has 0 spiro atoms. The molecule has 0 saturated carbocycles. The fourth-order valence-electron chi connectivity index (χ4n) is 2.72. The summed E-state index contributed by atoms with van der Waals surface area (Å²) in [6, 6.07) is 1.14. The number of nitrogens with one attached hydrogen (secondary N) is 1. The van der Waals surface area contributed by atoms with E-state index in [9.17, 15) is 0 Å². The Morgan fingerprint density at radius 2 is 2.29 bits per heavy atom. The van der Waals surface area contributed by atoms with Gasteiger partial charge in [-0.05, 0) is 46.4 Å². The van der Waals surface area contributed by atoms with E-state index < -0.39 is 0 Å². The van der Waals surface area contributed by atoms with Crippen LogP contribution in [0.2, 0.25) is 0 Å². The summed E-state index contributed by atoms with van der Waals surface area (Å²) < 4.78 is 0. The number of rotatable bonds is 8. The van der Waals surface area contributed by atoms with E-state index in [0.717, 1.165) is 32.1 Å². The van der Waals surface area contributed by atoms with Crippen molar-refractivity contribution in [1.29, 1.82) is 0 Å². The van der Waals surface area contributed by atoms with E-state index >= 15 is 0 Å². The molecule has 1 fully saturated rings. The van der Waals surface area contributed by atoms with Gasteiger partial charge in [-0.1, -0.05) is 6.92 Å². The van der Waals surface area contributed by atoms with E-state index in [1.165, 1.54) is 19.4 Å². The molecule has 0 aromatic rings. The van der Waals surface area contributed by atoms with Crippen molar-refractivity contribution < 1.29 is 5.11 Å². The van der Waals surface area contributed by atoms with Gasteiger partial charge in [-0.15, -0.1) is 0 Å². The maximum Gasteiger partial charge on any atom is 0.0446 e. The lowest BCUT2D eigenvalue weighted by molar-refractivity contribution is 0.191. The zero-order chi connectivity index (χ0) is 12.7. The number of likely N-dealkylation sites (tertiary alicyclic amines) is 1. The highest BCUT2D eigenvalue weighted by Crippen LogP contribution is 2.15. The first-order chi connectivity index (χ1) is 8.17. The third kappa shape index (κ3) is 5.34. The number of hydrogen-bond acceptors (Lipinski definition) is 4. The van der Waals surface area contributed by atoms with Crippen molar-refractivity contribution in [3.63, 3.8) is 0 Å². The van der Waals surface area contributed by atoms with Gasteiger partial charge in [0, 0.05) is 31.8 Å². The van der Waals surface area contributed by atoms with Gasteiger partial charge in [0.1, 0.15) is 0 Å². The van der Waals surface area contributed by atoms with Gasteiger partial charge < -0.3 is 20.2 Å². The molecule has 1 aliphatic rings. The van der Waals surface area contributed by atoms with Gasteiger partial charge in [0.25, 0.3) is 0 Å². The Balaban J connectivity index is 2.28. The molecule has 0 radical (unpaired) electrons. The van der Waals surface area contributed by atoms with Crippen molar-refractivity contribution >= 4 is 0 Å². The van der Waals surface area contributed by atoms with Gasteiger partial charge in [-0.25, -0.2) is 0 Å². The van der Waals surface area contributed by atoms with E-state index in [2.05, 4.69) is 36.1 Å². The largest absolute Gasteiger partial charge is 0.396 e. The molecule has 102 valence electrons. The topological polar surface area (TPSA) is 38.7 Å². The second-order valence-corrected chi connectivity index (χ2v) is 5.26. The molecule has 17 heavy (non-hydrogen) atoms. The number of likely N-dealkylation sites (N-methyl/N-ethyl adjacent to an activating group) is 3. The zero-order valence-corrected chi connectivity index (χ0v) is 11.7. The molecule has 2 N–H and O–H groups in total. The lowest BCUT2D eigenvalue weighted by Gasteiger charge is -2.29. The van der Waals surface area contributed by atoms with E-state index in [0.29, 0.717) is 6.04 Å². The summed E-state index contributed by atoms with van der Waals surface area (Å²) in [5.74, 6) is 0. The van der Waals surface area contributed by atoms with E-state index in [1.54, 1.807) is 0 Å². The normalized spacial score (nSPS) is 23.5. The van der Waals surface area contributed by atoms with Crippen molar-refractivity contribution in [3.05, 3.63) is 0 Å². The smallest absolute Gasteiger partial charge is 0.0446 e. The molecule has 4 nitrogen and oxygen atoms in total. The Labute approximate surface area is 106 Å². The van der Waals surface area contributed by atoms with E-state index in [4.69, 9.17) is 5.11 Å². The Hall–Kier alpha value is -0.160. The van der Waals surface area contributed by atoms with Crippen molar-refractivity contribution in [1.82, 2.24) is 15.1 Å². The first kappa shape index (κ1) is 14.9. The maximum atomic E-state index is 9.04. The van der Waals surface area contributed by atoms with Crippen LogP contribution in [0.1, 0.15) is 26.2 Å². The number of aliphatic hydroxyl groups excluding tert-OH is 1. The van der Waals surface area contributed by atoms with Gasteiger partial charge >= 0.3 is 0 Å². The Kier molecular flexibility index (Phi) is 7.04. The molecule has 2 unspecified atom stereocenters. The molecule has 0 aliphatic carbocycles. The summed E-state index contributed by atoms with van der Waals surface area (Å²) >= 11 is 0. The molecule has 0 aromatic heterocycles. The van der Waals surface area contributed by atoms with Crippen molar-refractivity contribution in [3.8, 4) is 0 Å². The molecule has 1 heterocycles. The van der Waals surface area contributed by atoms with Crippen molar-refractivity contribution in [2.24, 2.45) is 0 Å². The van der Waals surface area contributed by atoms with Crippen LogP contribution in [0.15, 0.2) is 0 Å². The average Bonchev–Trinajstić information content (AvgIpc) is 2.65. The second-order valence-electron chi connectivity index (χ2n) is 5.26. The van der Waals surface area contributed by atoms with Crippen LogP contribution in [0, 0.1) is 0 Å². The Morgan fingerprint density at radius 1 is 1.53 bits per heavy atom. The summed E-state index contributed by atoms with van der Waals surface area (Å²) in [6.07, 6.45) is 3.51. The van der Waals surface area contributed by atoms with Crippen LogP contribution < -0.4 is 5.32 Å². The lowest BCUT2D eigenvalue weighted by atomic mass is 10.1. The summed E-state index contributed by atoms with van der Waals surface area (Å²) in [4.78, 5) is 4.86. The van der Waals surface area contributed by atoms with Crippen LogP contribution in [0.3, 0.4) is 0 Å². The van der Waals surface area contributed by atoms with Crippen LogP contribution in [0.25, 0.3) is 0 Å². The molecular weight excluding hydrogens is 214 g/mol. The van der Waals surface area contributed by atoms with Gasteiger partial charge in [0.2, 0.25) is 0 Å². The highest BCUT2D eigenvalue weighted by Gasteiger charge is 2.22. The minimum Gasteiger partial charge on any atom is -0.396 e. The molecule has 0 bridgehead atoms. The highest BCUT2D eigenvalue weighted by molar-refractivity contribution is 4.80. The third-order valence-corrected chi connectivity index (χ3v) is 3.70. The van der Waals surface area contributed by atoms with E-state index in [1.807, 2.05) is 0 Å². The summed E-state index contributed by atoms with van der Waals surface area (Å²) in [5, 5.41) is 12.5. The zero-order valence-electron chi connectivity index (χ0n) is 11.7. The Bertz CT molecular complexity index is 195. The summed E-state index contributed by atoms with van der Waals surface area (Å²) in [5.41, 5.74) is 0. The average molecular weight is 243 g/mol. The molecular formula is C13H29N3O. The molecule has 4 heteroatoms. The van der Waals surface area contributed by atoms with Gasteiger partial charge in [-0.2, -0.15) is 0 Å². The maximum absolute atomic E-state index is 9.04. The summed E-state index contributed by atoms with van der Waals surface area (Å²) in [6.45, 7) is 6.78. The minimum atomic E-state index is 0.273. The fraction of sp³-hybridized carbons (Fsp3) is 1.00. The molecule has 2 atom stereocenters. The molecule has 0 amide bonds. The van der Waals surface area contributed by atoms with Gasteiger partial charge in [-0.3, -0.25) is 0 Å². The van der Waals surface area contributed by atoms with Gasteiger partial charge in [0.15, 0.2) is 0 Å². The first-order valence-corrected chi connectivity index (χ1v) is 6.90. The van der Waals surface area contributed by atoms with Crippen LogP contribution in [-0.4, -0.2) is 73.9 Å². The number of hydrogen-bond donors (Lipinski definition) is 2. The van der Waals surface area contributed by atoms with Crippen LogP contribution in [-0.2, 0) is 0 Å². The molecule has 0 aromatic carbocycles. The standard InChI is InChI=1S/C13H29N3O/c1-4-14-12(7-9-17)10-15(2)11-13-6-5-8-16(13)3/h12-14,17H,4-11H2,1-3H3. The predicted octanol–water partition coefficient (Wildman–Crippen LogP) is 0.373. The van der Waals surface area contributed by atoms with Crippen molar-refractivity contribution in [2.45, 2.75) is 38.3 Å². The highest BCUT2D eigenvalue weighted by atomic mass is 16.3. The quantitative estimate of drug-likeness (QED) is 0.646. The Morgan fingerprint density at radius 3 is 2.82 bits per heavy atom. The minimum absolute atomic E-state index is 0.273. The third-order valence-electron chi connectivity index (χ3n) is 3.70. The fourth-order valence-corrected chi connectivity index (χ4v) is 2.72. The molecule has 1 aliphatic heterocycles. The molecule has 1 saturated heterocycles. The number of aliphatic hydroxyl groups is 1.